The number of fused-ring (bicyclic) bond motifs is 2. The zero-order chi connectivity index (χ0) is 24.9. The summed E-state index contributed by atoms with van der Waals surface area (Å²) in [5, 5.41) is 8.32. The summed E-state index contributed by atoms with van der Waals surface area (Å²) < 4.78 is 9.86. The van der Waals surface area contributed by atoms with Crippen LogP contribution in [0.4, 0.5) is 5.95 Å². The van der Waals surface area contributed by atoms with E-state index in [4.69, 9.17) is 19.8 Å². The molecule has 0 bridgehead atoms. The quantitative estimate of drug-likeness (QED) is 0.447. The van der Waals surface area contributed by atoms with Crippen molar-refractivity contribution in [1.82, 2.24) is 38.9 Å². The molecule has 6 heterocycles. The molecule has 0 atom stereocenters. The third-order valence-corrected chi connectivity index (χ3v) is 8.51. The summed E-state index contributed by atoms with van der Waals surface area (Å²) in [6.07, 6.45) is 10.2. The van der Waals surface area contributed by atoms with Gasteiger partial charge in [0.15, 0.2) is 5.65 Å². The molecule has 1 N–H and O–H groups in total. The number of nitrogens with one attached hydrogen (secondary N) is 1. The predicted octanol–water partition coefficient (Wildman–Crippen LogP) is 2.99. The highest BCUT2D eigenvalue weighted by atomic mass is 16.5. The fraction of sp³-hybridized carbons (Fsp3) is 0.556. The molecule has 2 aliphatic heterocycles. The van der Waals surface area contributed by atoms with Crippen LogP contribution in [0.1, 0.15) is 37.5 Å². The van der Waals surface area contributed by atoms with E-state index >= 15 is 0 Å². The first-order chi connectivity index (χ1) is 18.1. The lowest BCUT2D eigenvalue weighted by Crippen LogP contribution is -2.55. The first-order valence-electron chi connectivity index (χ1n) is 13.6. The number of rotatable bonds is 5. The first-order valence-corrected chi connectivity index (χ1v) is 13.6. The molecule has 10 nitrogen and oxygen atoms in total. The average molecular weight is 502 g/mol. The Morgan fingerprint density at radius 3 is 2.59 bits per heavy atom. The van der Waals surface area contributed by atoms with Crippen LogP contribution in [0.25, 0.3) is 27.8 Å². The number of hydrogen-bond acceptors (Lipinski definition) is 8. The number of hydrogen-bond donors (Lipinski definition) is 1. The van der Waals surface area contributed by atoms with E-state index in [2.05, 4.69) is 50.8 Å². The molecule has 7 rings (SSSR count). The van der Waals surface area contributed by atoms with Gasteiger partial charge in [-0.3, -0.25) is 4.90 Å². The smallest absolute Gasteiger partial charge is 0.241 e. The van der Waals surface area contributed by atoms with Crippen LogP contribution in [0.15, 0.2) is 30.7 Å². The standard InChI is InChI=1S/C27H35N9O/c1-18-30-26-24(36(18)21-4-11-37-12-5-21)13-19(16-28-26)23-3-6-35-25(23)17-29-27(32-35)31-20-14-22(15-20)34-9-7-33(2)8-10-34/h3,6,13,16-17,20-22H,4-5,7-12,14-15H2,1-2H3,(H,31,32)/t20-,22+. The second-order valence-electron chi connectivity index (χ2n) is 10.9. The van der Waals surface area contributed by atoms with E-state index in [1.165, 1.54) is 26.2 Å². The Bertz CT molecular complexity index is 1410. The summed E-state index contributed by atoms with van der Waals surface area (Å²) in [5.41, 5.74) is 5.00. The molecular weight excluding hydrogens is 466 g/mol. The van der Waals surface area contributed by atoms with Crippen molar-refractivity contribution >= 4 is 22.6 Å². The zero-order valence-electron chi connectivity index (χ0n) is 21.7. The second kappa shape index (κ2) is 9.34. The van der Waals surface area contributed by atoms with E-state index in [0.717, 1.165) is 72.5 Å². The molecule has 10 heteroatoms. The van der Waals surface area contributed by atoms with Crippen LogP contribution >= 0.6 is 0 Å². The molecule has 1 aliphatic carbocycles. The monoisotopic (exact) mass is 501 g/mol. The lowest BCUT2D eigenvalue weighted by atomic mass is 9.85. The molecule has 0 spiro atoms. The van der Waals surface area contributed by atoms with Crippen molar-refractivity contribution in [3.8, 4) is 11.1 Å². The number of likely N-dealkylation sites (N-methyl/N-ethyl adjacent to an activating group) is 1. The molecule has 4 aromatic rings. The van der Waals surface area contributed by atoms with Crippen LogP contribution in [0.3, 0.4) is 0 Å². The molecule has 194 valence electrons. The van der Waals surface area contributed by atoms with Gasteiger partial charge in [0.25, 0.3) is 0 Å². The van der Waals surface area contributed by atoms with E-state index in [-0.39, 0.29) is 0 Å². The number of ether oxygens (including phenoxy) is 1. The van der Waals surface area contributed by atoms with Crippen LogP contribution in [0.5, 0.6) is 0 Å². The maximum Gasteiger partial charge on any atom is 0.241 e. The molecule has 37 heavy (non-hydrogen) atoms. The van der Waals surface area contributed by atoms with Gasteiger partial charge < -0.3 is 19.5 Å². The van der Waals surface area contributed by atoms with E-state index < -0.39 is 0 Å². The van der Waals surface area contributed by atoms with Gasteiger partial charge in [0.2, 0.25) is 5.95 Å². The van der Waals surface area contributed by atoms with Crippen molar-refractivity contribution in [3.05, 3.63) is 36.5 Å². The highest BCUT2D eigenvalue weighted by Gasteiger charge is 2.35. The maximum absolute atomic E-state index is 5.59. The number of pyridine rings is 1. The minimum Gasteiger partial charge on any atom is -0.381 e. The largest absolute Gasteiger partial charge is 0.381 e. The van der Waals surface area contributed by atoms with Crippen LogP contribution in [0, 0.1) is 6.92 Å². The fourth-order valence-corrected chi connectivity index (χ4v) is 6.23. The van der Waals surface area contributed by atoms with Gasteiger partial charge in [-0.1, -0.05) is 0 Å². The van der Waals surface area contributed by atoms with Gasteiger partial charge in [-0.05, 0) is 51.8 Å². The summed E-state index contributed by atoms with van der Waals surface area (Å²) in [6.45, 7) is 8.37. The van der Waals surface area contributed by atoms with E-state index in [1.54, 1.807) is 0 Å². The van der Waals surface area contributed by atoms with Gasteiger partial charge in [0.05, 0.1) is 17.2 Å². The Kier molecular flexibility index (Phi) is 5.82. The topological polar surface area (TPSA) is 88.6 Å². The summed E-state index contributed by atoms with van der Waals surface area (Å²) in [7, 11) is 2.21. The van der Waals surface area contributed by atoms with E-state index in [0.29, 0.717) is 24.1 Å². The van der Waals surface area contributed by atoms with Gasteiger partial charge in [0, 0.05) is 81.0 Å². The fourth-order valence-electron chi connectivity index (χ4n) is 6.23. The summed E-state index contributed by atoms with van der Waals surface area (Å²) in [5.74, 6) is 1.71. The Balaban J connectivity index is 1.09. The van der Waals surface area contributed by atoms with Crippen molar-refractivity contribution in [2.45, 2.75) is 50.7 Å². The average Bonchev–Trinajstić information content (AvgIpc) is 3.46. The predicted molar refractivity (Wildman–Crippen MR) is 143 cm³/mol. The second-order valence-corrected chi connectivity index (χ2v) is 10.9. The van der Waals surface area contributed by atoms with Crippen molar-refractivity contribution < 1.29 is 4.74 Å². The summed E-state index contributed by atoms with van der Waals surface area (Å²) in [6, 6.07) is 5.85. The lowest BCUT2D eigenvalue weighted by Gasteiger charge is -2.46. The number of aryl methyl sites for hydroxylation is 1. The van der Waals surface area contributed by atoms with Crippen molar-refractivity contribution in [3.63, 3.8) is 0 Å². The normalized spacial score (nSPS) is 24.1. The minimum absolute atomic E-state index is 0.404. The van der Waals surface area contributed by atoms with Crippen LogP contribution in [0.2, 0.25) is 0 Å². The SMILES string of the molecule is Cc1nc2ncc(-c3ccn4nc(N[C@H]5C[C@@H](N6CCN(C)CC6)C5)ncc34)cc2n1C1CCOCC1. The zero-order valence-corrected chi connectivity index (χ0v) is 21.7. The van der Waals surface area contributed by atoms with Crippen molar-refractivity contribution in [2.24, 2.45) is 0 Å². The van der Waals surface area contributed by atoms with Gasteiger partial charge >= 0.3 is 0 Å². The Morgan fingerprint density at radius 1 is 0.973 bits per heavy atom. The molecule has 0 amide bonds. The number of nitrogens with zero attached hydrogens (tertiary/aromatic N) is 8. The van der Waals surface area contributed by atoms with Crippen molar-refractivity contribution in [1.29, 1.82) is 0 Å². The molecule has 4 aromatic heterocycles. The number of imidazole rings is 1. The number of anilines is 1. The Morgan fingerprint density at radius 2 is 1.78 bits per heavy atom. The first kappa shape index (κ1) is 23.1. The highest BCUT2D eigenvalue weighted by molar-refractivity contribution is 5.85. The van der Waals surface area contributed by atoms with Crippen LogP contribution in [-0.4, -0.2) is 97.5 Å². The Hall–Kier alpha value is -3.08. The van der Waals surface area contributed by atoms with E-state index in [1.807, 2.05) is 23.1 Å². The number of piperazine rings is 1. The van der Waals surface area contributed by atoms with Crippen LogP contribution < -0.4 is 5.32 Å². The summed E-state index contributed by atoms with van der Waals surface area (Å²) >= 11 is 0. The summed E-state index contributed by atoms with van der Waals surface area (Å²) in [4.78, 5) is 19.2. The Labute approximate surface area is 216 Å². The molecule has 2 saturated heterocycles. The van der Waals surface area contributed by atoms with Crippen LogP contribution in [-0.2, 0) is 4.74 Å². The van der Waals surface area contributed by atoms with E-state index in [9.17, 15) is 0 Å². The highest BCUT2D eigenvalue weighted by Crippen LogP contribution is 2.32. The molecule has 0 aromatic carbocycles. The van der Waals surface area contributed by atoms with Gasteiger partial charge in [-0.15, -0.1) is 5.10 Å². The number of aromatic nitrogens is 6. The molecule has 0 unspecified atom stereocenters. The molecule has 3 aliphatic rings. The van der Waals surface area contributed by atoms with Gasteiger partial charge in [0.1, 0.15) is 5.82 Å². The molecule has 0 radical (unpaired) electrons. The molecular formula is C27H35N9O. The maximum atomic E-state index is 5.59. The minimum atomic E-state index is 0.404. The van der Waals surface area contributed by atoms with Gasteiger partial charge in [-0.25, -0.2) is 19.5 Å². The third kappa shape index (κ3) is 4.26. The lowest BCUT2D eigenvalue weighted by molar-refractivity contribution is 0.0656. The van der Waals surface area contributed by atoms with Gasteiger partial charge in [-0.2, -0.15) is 0 Å². The molecule has 1 saturated carbocycles. The van der Waals surface area contributed by atoms with Crippen molar-refractivity contribution in [2.75, 3.05) is 51.8 Å². The third-order valence-electron chi connectivity index (χ3n) is 8.51. The molecule has 3 fully saturated rings.